The fraction of sp³-hybridized carbons (Fsp3) is 0.938. The van der Waals surface area contributed by atoms with Gasteiger partial charge in [-0.3, -0.25) is 14.6 Å². The van der Waals surface area contributed by atoms with Crippen LogP contribution in [0.2, 0.25) is 0 Å². The molecule has 2 amide bonds. The van der Waals surface area contributed by atoms with Crippen LogP contribution < -0.4 is 0 Å². The van der Waals surface area contributed by atoms with Crippen molar-refractivity contribution >= 4 is 12.0 Å². The molecule has 0 aromatic heterocycles. The van der Waals surface area contributed by atoms with Crippen molar-refractivity contribution in [3.63, 3.8) is 0 Å². The molecule has 0 aromatic rings. The average molecular weight is 566 g/mol. The van der Waals surface area contributed by atoms with E-state index in [1.807, 2.05) is 37.6 Å². The number of carbonyl (C=O) groups is 2. The molecule has 0 radical (unpaired) electrons. The van der Waals surface area contributed by atoms with Crippen molar-refractivity contribution in [3.8, 4) is 0 Å². The second-order valence-corrected chi connectivity index (χ2v) is 13.1. The van der Waals surface area contributed by atoms with Crippen molar-refractivity contribution in [2.45, 2.75) is 124 Å². The average Bonchev–Trinajstić information content (AvgIpc) is 3.19. The lowest BCUT2D eigenvalue weighted by atomic mass is 10.0. The Kier molecular flexibility index (Phi) is 15.9. The molecule has 0 N–H and O–H groups in total. The Morgan fingerprint density at radius 3 is 1.98 bits per heavy atom. The molecule has 0 spiro atoms. The topological polar surface area (TPSA) is 59.6 Å². The van der Waals surface area contributed by atoms with E-state index >= 15 is 0 Å². The number of unbranched alkanes of at least 4 members (excludes halogenated alkanes) is 3. The van der Waals surface area contributed by atoms with Gasteiger partial charge in [-0.1, -0.05) is 40.5 Å². The molecule has 2 atom stereocenters. The molecule has 0 aromatic carbocycles. The third-order valence-electron chi connectivity index (χ3n) is 8.83. The van der Waals surface area contributed by atoms with E-state index in [2.05, 4.69) is 42.5 Å². The molecule has 234 valence electrons. The first-order chi connectivity index (χ1) is 19.0. The molecular weight excluding hydrogens is 502 g/mol. The molecule has 3 rings (SSSR count). The number of amides is 2. The van der Waals surface area contributed by atoms with Crippen molar-refractivity contribution in [3.05, 3.63) is 0 Å². The lowest BCUT2D eigenvalue weighted by Gasteiger charge is -2.40. The molecule has 8 nitrogen and oxygen atoms in total. The highest BCUT2D eigenvalue weighted by Gasteiger charge is 2.43. The number of ether oxygens (including phenoxy) is 1. The van der Waals surface area contributed by atoms with E-state index < -0.39 is 0 Å². The van der Waals surface area contributed by atoms with E-state index in [9.17, 15) is 9.59 Å². The van der Waals surface area contributed by atoms with Crippen LogP contribution in [0.3, 0.4) is 0 Å². The van der Waals surface area contributed by atoms with Gasteiger partial charge < -0.3 is 19.4 Å². The smallest absolute Gasteiger partial charge is 0.410 e. The normalized spacial score (nSPS) is 22.1. The Bertz CT molecular complexity index is 711. The van der Waals surface area contributed by atoms with E-state index in [1.54, 1.807) is 0 Å². The highest BCUT2D eigenvalue weighted by molar-refractivity contribution is 5.75. The molecule has 3 saturated heterocycles. The maximum atomic E-state index is 12.3. The molecule has 0 aliphatic carbocycles. The van der Waals surface area contributed by atoms with Crippen molar-refractivity contribution in [2.24, 2.45) is 5.92 Å². The summed E-state index contributed by atoms with van der Waals surface area (Å²) in [6.07, 6.45) is 10.3. The number of nitrogens with zero attached hydrogens (tertiary/aromatic N) is 5. The predicted molar refractivity (Wildman–Crippen MR) is 166 cm³/mol. The van der Waals surface area contributed by atoms with Crippen LogP contribution in [0.25, 0.3) is 0 Å². The van der Waals surface area contributed by atoms with E-state index in [1.165, 1.54) is 45.3 Å². The summed E-state index contributed by atoms with van der Waals surface area (Å²) < 4.78 is 5.42. The van der Waals surface area contributed by atoms with E-state index in [4.69, 9.17) is 4.74 Å². The van der Waals surface area contributed by atoms with Gasteiger partial charge in [0.25, 0.3) is 0 Å². The van der Waals surface area contributed by atoms with Gasteiger partial charge in [-0.15, -0.1) is 0 Å². The number of piperidine rings is 1. The van der Waals surface area contributed by atoms with Crippen LogP contribution in [0.1, 0.15) is 99.3 Å². The largest absolute Gasteiger partial charge is 0.447 e. The maximum absolute atomic E-state index is 12.3. The van der Waals surface area contributed by atoms with Crippen molar-refractivity contribution in [1.29, 1.82) is 0 Å². The van der Waals surface area contributed by atoms with Gasteiger partial charge in [0.1, 0.15) is 0 Å². The second-order valence-electron chi connectivity index (χ2n) is 13.1. The monoisotopic (exact) mass is 565 g/mol. The molecule has 40 heavy (non-hydrogen) atoms. The van der Waals surface area contributed by atoms with Crippen molar-refractivity contribution in [2.75, 3.05) is 66.5 Å². The number of fused-ring (bicyclic) bond motifs is 2. The molecule has 0 saturated carbocycles. The second kappa shape index (κ2) is 18.2. The van der Waals surface area contributed by atoms with Crippen molar-refractivity contribution < 1.29 is 14.3 Å². The summed E-state index contributed by atoms with van der Waals surface area (Å²) >= 11 is 0. The van der Waals surface area contributed by atoms with Crippen LogP contribution in [0, 0.1) is 5.92 Å². The lowest BCUT2D eigenvalue weighted by molar-refractivity contribution is -0.132. The number of likely N-dealkylation sites (tertiary alicyclic amines) is 2. The Morgan fingerprint density at radius 1 is 0.850 bits per heavy atom. The summed E-state index contributed by atoms with van der Waals surface area (Å²) in [6.45, 7) is 21.6. The van der Waals surface area contributed by atoms with Gasteiger partial charge in [0.05, 0.1) is 6.10 Å². The Labute approximate surface area is 246 Å². The third-order valence-corrected chi connectivity index (χ3v) is 8.83. The molecule has 3 aliphatic rings. The quantitative estimate of drug-likeness (QED) is 0.287. The molecule has 3 heterocycles. The number of hydrogen-bond donors (Lipinski definition) is 0. The van der Waals surface area contributed by atoms with Crippen LogP contribution in [0.5, 0.6) is 0 Å². The van der Waals surface area contributed by atoms with E-state index in [-0.39, 0.29) is 18.1 Å². The van der Waals surface area contributed by atoms with Crippen molar-refractivity contribution in [1.82, 2.24) is 24.5 Å². The minimum absolute atomic E-state index is 0.0262. The van der Waals surface area contributed by atoms with Crippen LogP contribution in [-0.2, 0) is 9.53 Å². The first kappa shape index (κ1) is 34.8. The Balaban J connectivity index is 0.000000305. The van der Waals surface area contributed by atoms with Crippen LogP contribution in [0.4, 0.5) is 4.79 Å². The summed E-state index contributed by atoms with van der Waals surface area (Å²) in [6, 6.07) is 1.21. The zero-order valence-corrected chi connectivity index (χ0v) is 27.4. The van der Waals surface area contributed by atoms with Gasteiger partial charge in [-0.2, -0.15) is 0 Å². The third kappa shape index (κ3) is 11.8. The first-order valence-corrected chi connectivity index (χ1v) is 16.4. The fourth-order valence-electron chi connectivity index (χ4n) is 6.42. The SMILES string of the molecule is CCC(=O)N(C)C1CCN(CC(C)C)CC1.CCN(C)CCCCCCN1CC2CCC(C1)N2C(=O)OC(C)C. The number of piperazine rings is 1. The van der Waals surface area contributed by atoms with Gasteiger partial charge in [0.15, 0.2) is 0 Å². The number of hydrogen-bond acceptors (Lipinski definition) is 6. The first-order valence-electron chi connectivity index (χ1n) is 16.4. The highest BCUT2D eigenvalue weighted by Crippen LogP contribution is 2.31. The van der Waals surface area contributed by atoms with Crippen LogP contribution >= 0.6 is 0 Å². The van der Waals surface area contributed by atoms with Crippen LogP contribution in [0.15, 0.2) is 0 Å². The van der Waals surface area contributed by atoms with Gasteiger partial charge in [-0.25, -0.2) is 4.79 Å². The zero-order chi connectivity index (χ0) is 29.7. The molecule has 2 unspecified atom stereocenters. The fourth-order valence-corrected chi connectivity index (χ4v) is 6.42. The summed E-state index contributed by atoms with van der Waals surface area (Å²) in [5.41, 5.74) is 0. The van der Waals surface area contributed by atoms with E-state index in [0.29, 0.717) is 24.5 Å². The summed E-state index contributed by atoms with van der Waals surface area (Å²) in [5, 5.41) is 0. The molecule has 3 aliphatic heterocycles. The molecular formula is C32H63N5O3. The van der Waals surface area contributed by atoms with Gasteiger partial charge in [0, 0.05) is 64.3 Å². The van der Waals surface area contributed by atoms with Gasteiger partial charge in [0.2, 0.25) is 5.91 Å². The Morgan fingerprint density at radius 2 is 1.45 bits per heavy atom. The molecule has 2 bridgehead atoms. The zero-order valence-electron chi connectivity index (χ0n) is 27.4. The van der Waals surface area contributed by atoms with Gasteiger partial charge in [-0.05, 0) is 85.0 Å². The predicted octanol–water partition coefficient (Wildman–Crippen LogP) is 5.17. The number of carbonyl (C=O) groups excluding carboxylic acids is 2. The summed E-state index contributed by atoms with van der Waals surface area (Å²) in [5.74, 6) is 1.02. The maximum Gasteiger partial charge on any atom is 0.410 e. The number of rotatable bonds is 13. The summed E-state index contributed by atoms with van der Waals surface area (Å²) in [7, 11) is 4.15. The van der Waals surface area contributed by atoms with Crippen LogP contribution in [-0.4, -0.2) is 127 Å². The molecule has 3 fully saturated rings. The standard InChI is InChI=1S/C19H37N3O2.C13H26N2O/c1-5-20(4)12-8-6-7-9-13-21-14-17-10-11-18(15-21)22(17)19(23)24-16(2)3;1-5-13(16)14(4)12-6-8-15(9-7-12)10-11(2)3/h16-18H,5-15H2,1-4H3;11-12H,5-10H2,1-4H3. The van der Waals surface area contributed by atoms with E-state index in [0.717, 1.165) is 64.3 Å². The van der Waals surface area contributed by atoms with Gasteiger partial charge >= 0.3 is 6.09 Å². The Hall–Kier alpha value is -1.38. The summed E-state index contributed by atoms with van der Waals surface area (Å²) in [4.78, 5) is 35.3. The molecule has 8 heteroatoms. The lowest BCUT2D eigenvalue weighted by Crippen LogP contribution is -2.56. The minimum atomic E-state index is -0.0998. The minimum Gasteiger partial charge on any atom is -0.447 e. The highest BCUT2D eigenvalue weighted by atomic mass is 16.6.